The molecule has 18 heavy (non-hydrogen) atoms. The quantitative estimate of drug-likeness (QED) is 0.591. The van der Waals surface area contributed by atoms with Gasteiger partial charge in [0.25, 0.3) is 0 Å². The summed E-state index contributed by atoms with van der Waals surface area (Å²) in [5, 5.41) is 7.80. The summed E-state index contributed by atoms with van der Waals surface area (Å²) in [7, 11) is 1.97. The van der Waals surface area contributed by atoms with Crippen LogP contribution in [-0.2, 0) is 24.8 Å². The molecule has 0 aromatic carbocycles. The summed E-state index contributed by atoms with van der Waals surface area (Å²) < 4.78 is 8.46. The fourth-order valence-electron chi connectivity index (χ4n) is 1.61. The topological polar surface area (TPSA) is 39.1 Å². The highest BCUT2D eigenvalue weighted by atomic mass is 79.9. The first kappa shape index (κ1) is 15.4. The zero-order chi connectivity index (χ0) is 13.5. The lowest BCUT2D eigenvalue weighted by Gasteiger charge is -2.07. The van der Waals surface area contributed by atoms with Gasteiger partial charge in [0.1, 0.15) is 0 Å². The third-order valence-corrected chi connectivity index (χ3v) is 3.48. The summed E-state index contributed by atoms with van der Waals surface area (Å²) in [5.74, 6) is 0. The zero-order valence-electron chi connectivity index (χ0n) is 11.4. The van der Waals surface area contributed by atoms with E-state index in [1.807, 2.05) is 18.7 Å². The maximum Gasteiger partial charge on any atom is 0.0767 e. The van der Waals surface area contributed by atoms with Crippen molar-refractivity contribution in [3.8, 4) is 0 Å². The highest BCUT2D eigenvalue weighted by molar-refractivity contribution is 9.10. The van der Waals surface area contributed by atoms with Crippen molar-refractivity contribution in [2.45, 2.75) is 26.8 Å². The van der Waals surface area contributed by atoms with E-state index in [2.05, 4.69) is 39.8 Å². The van der Waals surface area contributed by atoms with Crippen LogP contribution in [0.25, 0.3) is 0 Å². The average Bonchev–Trinajstić information content (AvgIpc) is 2.59. The molecule has 0 spiro atoms. The summed E-state index contributed by atoms with van der Waals surface area (Å²) in [5.41, 5.74) is 3.33. The van der Waals surface area contributed by atoms with Gasteiger partial charge in [-0.15, -0.1) is 0 Å². The number of ether oxygens (including phenoxy) is 1. The molecular weight excluding hydrogens is 294 g/mol. The number of nitrogens with zero attached hydrogens (tertiary/aromatic N) is 2. The number of hydrogen-bond acceptors (Lipinski definition) is 3. The Bertz CT molecular complexity index is 401. The van der Waals surface area contributed by atoms with Crippen LogP contribution < -0.4 is 5.32 Å². The van der Waals surface area contributed by atoms with Crippen LogP contribution in [0, 0.1) is 0 Å². The number of halogens is 1. The number of hydrogen-bond donors (Lipinski definition) is 1. The summed E-state index contributed by atoms with van der Waals surface area (Å²) in [6, 6.07) is 0. The molecule has 1 N–H and O–H groups in total. The van der Waals surface area contributed by atoms with Crippen molar-refractivity contribution < 1.29 is 4.74 Å². The SMILES string of the molecule is C=C(C)COCCNCc1c(Br)c(CC)nn1C. The second kappa shape index (κ2) is 7.71. The van der Waals surface area contributed by atoms with Gasteiger partial charge in [0.2, 0.25) is 0 Å². The molecule has 0 unspecified atom stereocenters. The maximum absolute atomic E-state index is 5.42. The first-order valence-corrected chi connectivity index (χ1v) is 6.98. The normalized spacial score (nSPS) is 10.9. The van der Waals surface area contributed by atoms with Gasteiger partial charge in [-0.25, -0.2) is 0 Å². The van der Waals surface area contributed by atoms with Gasteiger partial charge < -0.3 is 10.1 Å². The van der Waals surface area contributed by atoms with E-state index < -0.39 is 0 Å². The molecular formula is C13H22BrN3O. The van der Waals surface area contributed by atoms with Gasteiger partial charge in [0.15, 0.2) is 0 Å². The average molecular weight is 316 g/mol. The summed E-state index contributed by atoms with van der Waals surface area (Å²) in [6.07, 6.45) is 0.941. The van der Waals surface area contributed by atoms with Gasteiger partial charge >= 0.3 is 0 Å². The van der Waals surface area contributed by atoms with Crippen molar-refractivity contribution in [1.82, 2.24) is 15.1 Å². The Morgan fingerprint density at radius 3 is 2.83 bits per heavy atom. The van der Waals surface area contributed by atoms with Gasteiger partial charge in [0, 0.05) is 20.1 Å². The van der Waals surface area contributed by atoms with Crippen LogP contribution in [0.3, 0.4) is 0 Å². The third-order valence-electron chi connectivity index (χ3n) is 2.57. The Kier molecular flexibility index (Phi) is 6.60. The Labute approximate surface area is 118 Å². The molecule has 0 saturated carbocycles. The lowest BCUT2D eigenvalue weighted by molar-refractivity contribution is 0.157. The highest BCUT2D eigenvalue weighted by Crippen LogP contribution is 2.21. The Hall–Kier alpha value is -0.650. The molecule has 0 bridgehead atoms. The second-order valence-corrected chi connectivity index (χ2v) is 5.16. The molecule has 0 amide bonds. The largest absolute Gasteiger partial charge is 0.376 e. The molecule has 1 heterocycles. The van der Waals surface area contributed by atoms with E-state index in [0.29, 0.717) is 13.2 Å². The molecule has 0 saturated heterocycles. The lowest BCUT2D eigenvalue weighted by Crippen LogP contribution is -2.21. The maximum atomic E-state index is 5.42. The number of nitrogens with one attached hydrogen (secondary N) is 1. The van der Waals surface area contributed by atoms with Crippen LogP contribution in [0.2, 0.25) is 0 Å². The molecule has 0 atom stereocenters. The minimum Gasteiger partial charge on any atom is -0.376 e. The Balaban J connectivity index is 2.31. The van der Waals surface area contributed by atoms with Gasteiger partial charge in [0.05, 0.1) is 29.1 Å². The predicted octanol–water partition coefficient (Wildman–Crippen LogP) is 2.43. The van der Waals surface area contributed by atoms with Crippen molar-refractivity contribution >= 4 is 15.9 Å². The molecule has 1 aromatic heterocycles. The van der Waals surface area contributed by atoms with Gasteiger partial charge in [-0.3, -0.25) is 4.68 Å². The predicted molar refractivity (Wildman–Crippen MR) is 77.6 cm³/mol. The van der Waals surface area contributed by atoms with E-state index in [4.69, 9.17) is 4.74 Å². The monoisotopic (exact) mass is 315 g/mol. The molecule has 0 radical (unpaired) electrons. The van der Waals surface area contributed by atoms with Crippen LogP contribution in [0.1, 0.15) is 25.2 Å². The van der Waals surface area contributed by atoms with E-state index in [0.717, 1.165) is 35.3 Å². The molecule has 0 aliphatic heterocycles. The molecule has 0 fully saturated rings. The molecule has 0 aliphatic carbocycles. The van der Waals surface area contributed by atoms with Crippen LogP contribution in [0.15, 0.2) is 16.6 Å². The van der Waals surface area contributed by atoms with Crippen molar-refractivity contribution in [3.63, 3.8) is 0 Å². The molecule has 0 aliphatic rings. The van der Waals surface area contributed by atoms with Crippen LogP contribution in [0.4, 0.5) is 0 Å². The van der Waals surface area contributed by atoms with E-state index in [-0.39, 0.29) is 0 Å². The van der Waals surface area contributed by atoms with Gasteiger partial charge in [-0.1, -0.05) is 19.1 Å². The summed E-state index contributed by atoms with van der Waals surface area (Å²) in [4.78, 5) is 0. The molecule has 102 valence electrons. The first-order valence-electron chi connectivity index (χ1n) is 6.19. The lowest BCUT2D eigenvalue weighted by atomic mass is 10.3. The van der Waals surface area contributed by atoms with Crippen molar-refractivity contribution in [1.29, 1.82) is 0 Å². The smallest absolute Gasteiger partial charge is 0.0767 e. The Morgan fingerprint density at radius 1 is 1.56 bits per heavy atom. The third kappa shape index (κ3) is 4.55. The molecule has 5 heteroatoms. The number of aryl methyl sites for hydroxylation is 2. The molecule has 4 nitrogen and oxygen atoms in total. The van der Waals surface area contributed by atoms with Crippen molar-refractivity contribution in [2.75, 3.05) is 19.8 Å². The van der Waals surface area contributed by atoms with Crippen molar-refractivity contribution in [3.05, 3.63) is 28.0 Å². The van der Waals surface area contributed by atoms with Gasteiger partial charge in [-0.2, -0.15) is 5.10 Å². The van der Waals surface area contributed by atoms with E-state index in [1.54, 1.807) is 0 Å². The van der Waals surface area contributed by atoms with Crippen LogP contribution in [0.5, 0.6) is 0 Å². The van der Waals surface area contributed by atoms with Crippen LogP contribution >= 0.6 is 15.9 Å². The van der Waals surface area contributed by atoms with Crippen molar-refractivity contribution in [2.24, 2.45) is 7.05 Å². The van der Waals surface area contributed by atoms with E-state index >= 15 is 0 Å². The molecule has 1 rings (SSSR count). The summed E-state index contributed by atoms with van der Waals surface area (Å²) >= 11 is 3.60. The Morgan fingerprint density at radius 2 is 2.28 bits per heavy atom. The fraction of sp³-hybridized carbons (Fsp3) is 0.615. The molecule has 1 aromatic rings. The highest BCUT2D eigenvalue weighted by Gasteiger charge is 2.11. The second-order valence-electron chi connectivity index (χ2n) is 4.37. The zero-order valence-corrected chi connectivity index (χ0v) is 13.0. The standard InChI is InChI=1S/C13H22BrN3O/c1-5-11-13(14)12(17(4)16-11)8-15-6-7-18-9-10(2)3/h15H,2,5-9H2,1,3-4H3. The minimum atomic E-state index is 0.636. The number of rotatable bonds is 8. The van der Waals surface area contributed by atoms with E-state index in [1.165, 1.54) is 5.69 Å². The van der Waals surface area contributed by atoms with Crippen LogP contribution in [-0.4, -0.2) is 29.5 Å². The first-order chi connectivity index (χ1) is 8.56. The minimum absolute atomic E-state index is 0.636. The van der Waals surface area contributed by atoms with E-state index in [9.17, 15) is 0 Å². The summed E-state index contributed by atoms with van der Waals surface area (Å²) in [6.45, 7) is 10.8. The van der Waals surface area contributed by atoms with Gasteiger partial charge in [-0.05, 0) is 29.3 Å². The fourth-order valence-corrected chi connectivity index (χ4v) is 2.37. The number of aromatic nitrogens is 2.